The zero-order valence-electron chi connectivity index (χ0n) is 9.41. The van der Waals surface area contributed by atoms with Gasteiger partial charge in [-0.25, -0.2) is 4.98 Å². The maximum Gasteiger partial charge on any atom is 0.255 e. The van der Waals surface area contributed by atoms with Crippen molar-refractivity contribution in [2.75, 3.05) is 0 Å². The van der Waals surface area contributed by atoms with Crippen LogP contribution >= 0.6 is 15.9 Å². The van der Waals surface area contributed by atoms with Crippen molar-refractivity contribution >= 4 is 21.7 Å². The van der Waals surface area contributed by atoms with Gasteiger partial charge in [-0.2, -0.15) is 14.6 Å². The SMILES string of the molecule is Cc1cc(Oc2cncc(Br)c2)n2ncnc2n1. The molecular weight excluding hydrogens is 298 g/mol. The molecule has 0 aliphatic carbocycles. The van der Waals surface area contributed by atoms with Gasteiger partial charge in [-0.05, 0) is 28.9 Å². The molecule has 7 heteroatoms. The molecule has 3 aromatic heterocycles. The Balaban J connectivity index is 2.06. The molecule has 0 aliphatic heterocycles. The minimum atomic E-state index is 0.507. The van der Waals surface area contributed by atoms with Crippen LogP contribution < -0.4 is 4.74 Å². The van der Waals surface area contributed by atoms with Gasteiger partial charge in [0.25, 0.3) is 5.78 Å². The third-order valence-corrected chi connectivity index (χ3v) is 2.68. The van der Waals surface area contributed by atoms with Crippen LogP contribution in [0.2, 0.25) is 0 Å². The summed E-state index contributed by atoms with van der Waals surface area (Å²) in [4.78, 5) is 12.3. The minimum absolute atomic E-state index is 0.507. The molecule has 3 heterocycles. The maximum atomic E-state index is 5.74. The highest BCUT2D eigenvalue weighted by Crippen LogP contribution is 2.23. The summed E-state index contributed by atoms with van der Waals surface area (Å²) in [5.74, 6) is 1.68. The Morgan fingerprint density at radius 1 is 1.28 bits per heavy atom. The lowest BCUT2D eigenvalue weighted by atomic mass is 10.4. The Morgan fingerprint density at radius 3 is 3.00 bits per heavy atom. The van der Waals surface area contributed by atoms with E-state index in [2.05, 4.69) is 36.0 Å². The van der Waals surface area contributed by atoms with Crippen LogP contribution in [-0.2, 0) is 0 Å². The molecule has 0 N–H and O–H groups in total. The van der Waals surface area contributed by atoms with E-state index < -0.39 is 0 Å². The molecule has 0 fully saturated rings. The first kappa shape index (κ1) is 11.1. The second-order valence-electron chi connectivity index (χ2n) is 3.65. The van der Waals surface area contributed by atoms with Crippen LogP contribution in [0.4, 0.5) is 0 Å². The van der Waals surface area contributed by atoms with Gasteiger partial charge in [0.05, 0.1) is 6.20 Å². The molecule has 3 rings (SSSR count). The van der Waals surface area contributed by atoms with Gasteiger partial charge in [-0.1, -0.05) is 0 Å². The van der Waals surface area contributed by atoms with Crippen LogP contribution in [0.25, 0.3) is 5.78 Å². The summed E-state index contributed by atoms with van der Waals surface area (Å²) in [6.07, 6.45) is 4.76. The monoisotopic (exact) mass is 305 g/mol. The number of hydrogen-bond acceptors (Lipinski definition) is 5. The van der Waals surface area contributed by atoms with Crippen LogP contribution in [0.1, 0.15) is 5.69 Å². The van der Waals surface area contributed by atoms with E-state index in [0.717, 1.165) is 10.2 Å². The average Bonchev–Trinajstić information content (AvgIpc) is 2.77. The number of nitrogens with zero attached hydrogens (tertiary/aromatic N) is 5. The van der Waals surface area contributed by atoms with Crippen molar-refractivity contribution in [1.29, 1.82) is 0 Å². The van der Waals surface area contributed by atoms with Crippen molar-refractivity contribution in [3.05, 3.63) is 41.0 Å². The number of ether oxygens (including phenoxy) is 1. The average molecular weight is 306 g/mol. The first-order chi connectivity index (χ1) is 8.72. The van der Waals surface area contributed by atoms with Crippen LogP contribution in [0.5, 0.6) is 11.6 Å². The first-order valence-electron chi connectivity index (χ1n) is 5.18. The standard InChI is InChI=1S/C11H8BrN5O/c1-7-2-10(17-11(16-7)14-6-15-17)18-9-3-8(12)4-13-5-9/h2-6H,1H3. The Bertz CT molecular complexity index is 711. The van der Waals surface area contributed by atoms with Crippen molar-refractivity contribution in [1.82, 2.24) is 24.6 Å². The second kappa shape index (κ2) is 4.34. The van der Waals surface area contributed by atoms with Gasteiger partial charge in [0.2, 0.25) is 5.88 Å². The number of hydrogen-bond donors (Lipinski definition) is 0. The Kier molecular flexibility index (Phi) is 2.67. The normalized spacial score (nSPS) is 10.8. The van der Waals surface area contributed by atoms with Gasteiger partial charge >= 0.3 is 0 Å². The summed E-state index contributed by atoms with van der Waals surface area (Å²) in [5, 5.41) is 4.06. The van der Waals surface area contributed by atoms with E-state index in [1.54, 1.807) is 18.5 Å². The van der Waals surface area contributed by atoms with Crippen LogP contribution in [0.3, 0.4) is 0 Å². The Morgan fingerprint density at radius 2 is 2.17 bits per heavy atom. The van der Waals surface area contributed by atoms with Crippen molar-refractivity contribution in [3.8, 4) is 11.6 Å². The highest BCUT2D eigenvalue weighted by atomic mass is 79.9. The highest BCUT2D eigenvalue weighted by molar-refractivity contribution is 9.10. The van der Waals surface area contributed by atoms with Crippen molar-refractivity contribution in [2.45, 2.75) is 6.92 Å². The minimum Gasteiger partial charge on any atom is -0.437 e. The number of aromatic nitrogens is 5. The molecule has 0 unspecified atom stereocenters. The zero-order valence-corrected chi connectivity index (χ0v) is 11.0. The van der Waals surface area contributed by atoms with E-state index >= 15 is 0 Å². The molecule has 18 heavy (non-hydrogen) atoms. The van der Waals surface area contributed by atoms with Gasteiger partial charge in [-0.3, -0.25) is 4.98 Å². The number of aryl methyl sites for hydroxylation is 1. The summed E-state index contributed by atoms with van der Waals surface area (Å²) in [5.41, 5.74) is 0.813. The third-order valence-electron chi connectivity index (χ3n) is 2.25. The Labute approximate surface area is 111 Å². The lowest BCUT2D eigenvalue weighted by molar-refractivity contribution is 0.443. The molecule has 0 aromatic carbocycles. The number of pyridine rings is 1. The topological polar surface area (TPSA) is 65.2 Å². The third kappa shape index (κ3) is 2.04. The summed E-state index contributed by atoms with van der Waals surface area (Å²) in [6.45, 7) is 1.88. The lowest BCUT2D eigenvalue weighted by Gasteiger charge is -2.07. The highest BCUT2D eigenvalue weighted by Gasteiger charge is 2.08. The fourth-order valence-corrected chi connectivity index (χ4v) is 1.88. The van der Waals surface area contributed by atoms with Crippen LogP contribution in [0.15, 0.2) is 35.3 Å². The summed E-state index contributed by atoms with van der Waals surface area (Å²) < 4.78 is 8.12. The van der Waals surface area contributed by atoms with E-state index in [1.165, 1.54) is 10.8 Å². The molecule has 0 spiro atoms. The van der Waals surface area contributed by atoms with Gasteiger partial charge in [0.15, 0.2) is 0 Å². The number of rotatable bonds is 2. The van der Waals surface area contributed by atoms with Crippen LogP contribution in [-0.4, -0.2) is 24.6 Å². The lowest BCUT2D eigenvalue weighted by Crippen LogP contribution is -1.99. The molecule has 0 atom stereocenters. The molecule has 0 saturated heterocycles. The zero-order chi connectivity index (χ0) is 12.5. The molecule has 0 saturated carbocycles. The van der Waals surface area contributed by atoms with Gasteiger partial charge in [0, 0.05) is 22.4 Å². The summed E-state index contributed by atoms with van der Waals surface area (Å²) >= 11 is 3.34. The van der Waals surface area contributed by atoms with Crippen molar-refractivity contribution in [3.63, 3.8) is 0 Å². The fourth-order valence-electron chi connectivity index (χ4n) is 1.54. The summed E-state index contributed by atoms with van der Waals surface area (Å²) in [7, 11) is 0. The van der Waals surface area contributed by atoms with Crippen molar-refractivity contribution in [2.24, 2.45) is 0 Å². The molecule has 0 radical (unpaired) electrons. The predicted octanol–water partition coefficient (Wildman–Crippen LogP) is 2.38. The summed E-state index contributed by atoms with van der Waals surface area (Å²) in [6, 6.07) is 3.62. The van der Waals surface area contributed by atoms with Gasteiger partial charge < -0.3 is 4.74 Å². The van der Waals surface area contributed by atoms with Crippen LogP contribution in [0, 0.1) is 6.92 Å². The molecule has 0 amide bonds. The van der Waals surface area contributed by atoms with Gasteiger partial charge in [-0.15, -0.1) is 0 Å². The second-order valence-corrected chi connectivity index (χ2v) is 4.56. The predicted molar refractivity (Wildman–Crippen MR) is 67.5 cm³/mol. The smallest absolute Gasteiger partial charge is 0.255 e. The van der Waals surface area contributed by atoms with E-state index in [1.807, 2.05) is 13.0 Å². The van der Waals surface area contributed by atoms with E-state index in [9.17, 15) is 0 Å². The number of halogens is 1. The maximum absolute atomic E-state index is 5.74. The van der Waals surface area contributed by atoms with E-state index in [-0.39, 0.29) is 0 Å². The molecule has 6 nitrogen and oxygen atoms in total. The van der Waals surface area contributed by atoms with E-state index in [4.69, 9.17) is 4.74 Å². The Hall–Kier alpha value is -2.02. The largest absolute Gasteiger partial charge is 0.437 e. The first-order valence-corrected chi connectivity index (χ1v) is 5.97. The molecule has 3 aromatic rings. The van der Waals surface area contributed by atoms with Crippen molar-refractivity contribution < 1.29 is 4.74 Å². The molecule has 0 aliphatic rings. The molecule has 0 bridgehead atoms. The molecule has 90 valence electrons. The quantitative estimate of drug-likeness (QED) is 0.727. The molecular formula is C11H8BrN5O. The fraction of sp³-hybridized carbons (Fsp3) is 0.0909. The number of fused-ring (bicyclic) bond motifs is 1. The van der Waals surface area contributed by atoms with Gasteiger partial charge in [0.1, 0.15) is 12.1 Å². The van der Waals surface area contributed by atoms with E-state index in [0.29, 0.717) is 17.4 Å².